The summed E-state index contributed by atoms with van der Waals surface area (Å²) in [6.45, 7) is 3.97. The number of pyridine rings is 1. The summed E-state index contributed by atoms with van der Waals surface area (Å²) in [5, 5.41) is 21.3. The first-order chi connectivity index (χ1) is 13.0. The van der Waals surface area contributed by atoms with E-state index in [4.69, 9.17) is 12.2 Å². The van der Waals surface area contributed by atoms with Crippen LogP contribution >= 0.6 is 12.2 Å². The number of aryl methyl sites for hydroxylation is 1. The maximum Gasteiger partial charge on any atom is 0.277 e. The van der Waals surface area contributed by atoms with Crippen LogP contribution in [-0.4, -0.2) is 9.91 Å². The molecule has 0 aliphatic rings. The molecule has 0 atom stereocenters. The second kappa shape index (κ2) is 7.52. The van der Waals surface area contributed by atoms with Gasteiger partial charge in [-0.1, -0.05) is 61.1 Å². The highest BCUT2D eigenvalue weighted by Gasteiger charge is 2.23. The normalized spacial score (nSPS) is 10.4. The maximum atomic E-state index is 11.6. The van der Waals surface area contributed by atoms with Crippen LogP contribution in [0.25, 0.3) is 22.4 Å². The number of nitrogens with zero attached hydrogens (tertiary/aromatic N) is 2. The number of nitro benzene ring substituents is 1. The smallest absolute Gasteiger partial charge is 0.277 e. The van der Waals surface area contributed by atoms with E-state index in [1.807, 2.05) is 38.1 Å². The fourth-order valence-electron chi connectivity index (χ4n) is 3.21. The Labute approximate surface area is 162 Å². The molecule has 0 saturated carbocycles. The molecule has 0 amide bonds. The van der Waals surface area contributed by atoms with Gasteiger partial charge in [0.05, 0.1) is 21.7 Å². The minimum Gasteiger partial charge on any atom is -0.345 e. The van der Waals surface area contributed by atoms with Crippen molar-refractivity contribution in [3.63, 3.8) is 0 Å². The zero-order valence-corrected chi connectivity index (χ0v) is 15.8. The summed E-state index contributed by atoms with van der Waals surface area (Å²) >= 11 is 5.42. The SMILES string of the molecule is CCc1c(-c2ccc(C)cc2)[nH]c(=S)c(C#N)c1-c1ccccc1[N+](=O)[O-]. The van der Waals surface area contributed by atoms with E-state index < -0.39 is 4.92 Å². The first-order valence-electron chi connectivity index (χ1n) is 8.48. The van der Waals surface area contributed by atoms with E-state index in [0.29, 0.717) is 17.5 Å². The molecule has 27 heavy (non-hydrogen) atoms. The fourth-order valence-corrected chi connectivity index (χ4v) is 3.46. The van der Waals surface area contributed by atoms with Crippen LogP contribution in [0.1, 0.15) is 23.6 Å². The Morgan fingerprint density at radius 1 is 1.19 bits per heavy atom. The lowest BCUT2D eigenvalue weighted by Crippen LogP contribution is -2.03. The van der Waals surface area contributed by atoms with Gasteiger partial charge in [-0.25, -0.2) is 0 Å². The molecule has 3 rings (SSSR count). The predicted octanol–water partition coefficient (Wildman–Crippen LogP) is 5.73. The molecule has 1 heterocycles. The summed E-state index contributed by atoms with van der Waals surface area (Å²) in [7, 11) is 0. The second-order valence-corrected chi connectivity index (χ2v) is 6.57. The number of aromatic amines is 1. The molecule has 0 saturated heterocycles. The third-order valence-corrected chi connectivity index (χ3v) is 4.80. The lowest BCUT2D eigenvalue weighted by molar-refractivity contribution is -0.384. The van der Waals surface area contributed by atoms with Crippen LogP contribution in [0.3, 0.4) is 0 Å². The largest absolute Gasteiger partial charge is 0.345 e. The molecule has 134 valence electrons. The third-order valence-electron chi connectivity index (χ3n) is 4.49. The summed E-state index contributed by atoms with van der Waals surface area (Å²) < 4.78 is 0.276. The van der Waals surface area contributed by atoms with Crippen LogP contribution in [0.4, 0.5) is 5.69 Å². The van der Waals surface area contributed by atoms with Crippen LogP contribution in [0.5, 0.6) is 0 Å². The van der Waals surface area contributed by atoms with Crippen molar-refractivity contribution in [3.8, 4) is 28.5 Å². The third kappa shape index (κ3) is 3.37. The summed E-state index contributed by atoms with van der Waals surface area (Å²) in [4.78, 5) is 14.3. The van der Waals surface area contributed by atoms with Crippen LogP contribution in [0.2, 0.25) is 0 Å². The van der Waals surface area contributed by atoms with Gasteiger partial charge in [0.15, 0.2) is 0 Å². The number of H-pyrrole nitrogens is 1. The number of nitriles is 1. The minimum absolute atomic E-state index is 0.0424. The Kier molecular flexibility index (Phi) is 5.15. The lowest BCUT2D eigenvalue weighted by Gasteiger charge is -2.16. The van der Waals surface area contributed by atoms with Gasteiger partial charge in [-0.15, -0.1) is 0 Å². The van der Waals surface area contributed by atoms with Gasteiger partial charge < -0.3 is 4.98 Å². The molecule has 6 heteroatoms. The number of aromatic nitrogens is 1. The molecule has 0 fully saturated rings. The molecule has 3 aromatic rings. The summed E-state index contributed by atoms with van der Waals surface area (Å²) in [5.74, 6) is 0. The molecule has 5 nitrogen and oxygen atoms in total. The van der Waals surface area contributed by atoms with Crippen molar-refractivity contribution in [1.82, 2.24) is 4.98 Å². The Hall–Kier alpha value is -3.30. The standard InChI is InChI=1S/C21H17N3O2S/c1-3-15-19(16-6-4-5-7-18(16)24(25)26)17(12-22)21(27)23-20(15)14-10-8-13(2)9-11-14/h4-11H,3H2,1-2H3,(H,23,27). The molecule has 0 radical (unpaired) electrons. The van der Waals surface area contributed by atoms with Gasteiger partial charge in [-0.3, -0.25) is 10.1 Å². The van der Waals surface area contributed by atoms with Gasteiger partial charge in [-0.2, -0.15) is 5.26 Å². The van der Waals surface area contributed by atoms with Crippen molar-refractivity contribution in [3.05, 3.63) is 80.0 Å². The van der Waals surface area contributed by atoms with E-state index in [-0.39, 0.29) is 15.9 Å². The van der Waals surface area contributed by atoms with Crippen LogP contribution in [-0.2, 0) is 6.42 Å². The van der Waals surface area contributed by atoms with Crippen molar-refractivity contribution in [2.24, 2.45) is 0 Å². The average molecular weight is 375 g/mol. The molecule has 0 aliphatic carbocycles. The molecule has 2 aromatic carbocycles. The Morgan fingerprint density at radius 3 is 2.44 bits per heavy atom. The van der Waals surface area contributed by atoms with Gasteiger partial charge >= 0.3 is 0 Å². The van der Waals surface area contributed by atoms with E-state index in [1.165, 1.54) is 6.07 Å². The Balaban J connectivity index is 2.44. The van der Waals surface area contributed by atoms with E-state index in [9.17, 15) is 15.4 Å². The zero-order valence-electron chi connectivity index (χ0n) is 14.9. The van der Waals surface area contributed by atoms with Crippen molar-refractivity contribution in [2.45, 2.75) is 20.3 Å². The highest BCUT2D eigenvalue weighted by atomic mass is 32.1. The molecular weight excluding hydrogens is 358 g/mol. The Bertz CT molecular complexity index is 1130. The first-order valence-corrected chi connectivity index (χ1v) is 8.88. The molecule has 1 N–H and O–H groups in total. The highest BCUT2D eigenvalue weighted by molar-refractivity contribution is 7.71. The number of rotatable bonds is 4. The number of hydrogen-bond acceptors (Lipinski definition) is 4. The van der Waals surface area contributed by atoms with Crippen molar-refractivity contribution < 1.29 is 4.92 Å². The first kappa shape index (κ1) is 18.5. The molecule has 1 aromatic heterocycles. The summed E-state index contributed by atoms with van der Waals surface area (Å²) in [5.41, 5.74) is 4.82. The van der Waals surface area contributed by atoms with E-state index in [0.717, 1.165) is 22.4 Å². The molecule has 0 bridgehead atoms. The van der Waals surface area contributed by atoms with Gasteiger partial charge in [0.25, 0.3) is 5.69 Å². The number of benzene rings is 2. The zero-order chi connectivity index (χ0) is 19.6. The van der Waals surface area contributed by atoms with Crippen LogP contribution in [0.15, 0.2) is 48.5 Å². The van der Waals surface area contributed by atoms with Gasteiger partial charge in [0.1, 0.15) is 10.7 Å². The monoisotopic (exact) mass is 375 g/mol. The quantitative estimate of drug-likeness (QED) is 0.359. The van der Waals surface area contributed by atoms with Gasteiger partial charge in [0, 0.05) is 11.6 Å². The summed E-state index contributed by atoms with van der Waals surface area (Å²) in [6.07, 6.45) is 0.589. The number of nitro groups is 1. The molecule has 0 unspecified atom stereocenters. The number of nitrogens with one attached hydrogen (secondary N) is 1. The maximum absolute atomic E-state index is 11.6. The second-order valence-electron chi connectivity index (χ2n) is 6.16. The van der Waals surface area contributed by atoms with E-state index in [1.54, 1.807) is 18.2 Å². The van der Waals surface area contributed by atoms with Crippen LogP contribution < -0.4 is 0 Å². The highest BCUT2D eigenvalue weighted by Crippen LogP contribution is 2.38. The minimum atomic E-state index is -0.429. The predicted molar refractivity (Wildman–Crippen MR) is 108 cm³/mol. The van der Waals surface area contributed by atoms with Crippen LogP contribution in [0, 0.1) is 33.0 Å². The van der Waals surface area contributed by atoms with Gasteiger partial charge in [-0.05, 0) is 30.5 Å². The van der Waals surface area contributed by atoms with Crippen molar-refractivity contribution in [2.75, 3.05) is 0 Å². The van der Waals surface area contributed by atoms with Gasteiger partial charge in [0.2, 0.25) is 0 Å². The molecular formula is C21H17N3O2S. The number of para-hydroxylation sites is 1. The van der Waals surface area contributed by atoms with Crippen molar-refractivity contribution >= 4 is 17.9 Å². The average Bonchev–Trinajstić information content (AvgIpc) is 2.67. The van der Waals surface area contributed by atoms with Crippen molar-refractivity contribution in [1.29, 1.82) is 5.26 Å². The number of hydrogen-bond donors (Lipinski definition) is 1. The topological polar surface area (TPSA) is 82.7 Å². The lowest BCUT2D eigenvalue weighted by atomic mass is 9.90. The molecule has 0 spiro atoms. The van der Waals surface area contributed by atoms with E-state index in [2.05, 4.69) is 11.1 Å². The fraction of sp³-hybridized carbons (Fsp3) is 0.143. The Morgan fingerprint density at radius 2 is 1.85 bits per heavy atom. The van der Waals surface area contributed by atoms with E-state index >= 15 is 0 Å². The summed E-state index contributed by atoms with van der Waals surface area (Å²) in [6, 6.07) is 16.5. The molecule has 0 aliphatic heterocycles.